The Morgan fingerprint density at radius 2 is 1.56 bits per heavy atom. The molecule has 1 aliphatic rings. The van der Waals surface area contributed by atoms with Crippen LogP contribution in [0.3, 0.4) is 0 Å². The third-order valence-corrected chi connectivity index (χ3v) is 3.11. The fourth-order valence-corrected chi connectivity index (χ4v) is 2.24. The summed E-state index contributed by atoms with van der Waals surface area (Å²) in [5.41, 5.74) is -0.235. The second-order valence-electron chi connectivity index (χ2n) is 6.08. The van der Waals surface area contributed by atoms with Gasteiger partial charge in [-0.15, -0.1) is 0 Å². The molecule has 0 radical (unpaired) electrons. The number of ether oxygens (including phenoxy) is 3. The minimum absolute atomic E-state index is 0.235. The molecule has 1 unspecified atom stereocenters. The largest absolute Gasteiger partial charge is 0.330 e. The third kappa shape index (κ3) is 7.34. The SMILES string of the molecule is CCOC(OC1CCCCCCC1)OC(C)(C)C. The highest BCUT2D eigenvalue weighted by Crippen LogP contribution is 2.22. The summed E-state index contributed by atoms with van der Waals surface area (Å²) < 4.78 is 17.4. The first kappa shape index (κ1) is 15.9. The molecule has 1 atom stereocenters. The van der Waals surface area contributed by atoms with E-state index < -0.39 is 6.48 Å². The van der Waals surface area contributed by atoms with E-state index in [1.54, 1.807) is 0 Å². The highest BCUT2D eigenvalue weighted by Gasteiger charge is 2.23. The molecule has 108 valence electrons. The van der Waals surface area contributed by atoms with E-state index in [0.717, 1.165) is 12.8 Å². The average molecular weight is 258 g/mol. The monoisotopic (exact) mass is 258 g/mol. The van der Waals surface area contributed by atoms with Crippen molar-refractivity contribution in [3.05, 3.63) is 0 Å². The van der Waals surface area contributed by atoms with E-state index in [1.807, 2.05) is 27.7 Å². The minimum Gasteiger partial charge on any atom is -0.330 e. The van der Waals surface area contributed by atoms with Gasteiger partial charge in [0.2, 0.25) is 0 Å². The normalized spacial score (nSPS) is 21.3. The van der Waals surface area contributed by atoms with Gasteiger partial charge in [-0.25, -0.2) is 0 Å². The van der Waals surface area contributed by atoms with Gasteiger partial charge in [0.15, 0.2) is 0 Å². The lowest BCUT2D eigenvalue weighted by atomic mass is 9.99. The Hall–Kier alpha value is -0.120. The molecule has 0 amide bonds. The van der Waals surface area contributed by atoms with Crippen LogP contribution in [-0.4, -0.2) is 24.8 Å². The topological polar surface area (TPSA) is 27.7 Å². The van der Waals surface area contributed by atoms with Crippen LogP contribution >= 0.6 is 0 Å². The molecular weight excluding hydrogens is 228 g/mol. The van der Waals surface area contributed by atoms with Gasteiger partial charge in [0, 0.05) is 6.61 Å². The molecule has 1 aliphatic carbocycles. The van der Waals surface area contributed by atoms with E-state index in [-0.39, 0.29) is 5.60 Å². The number of hydrogen-bond donors (Lipinski definition) is 0. The Morgan fingerprint density at radius 1 is 1.00 bits per heavy atom. The van der Waals surface area contributed by atoms with Crippen LogP contribution in [0.4, 0.5) is 0 Å². The Bertz CT molecular complexity index is 202. The molecule has 0 saturated heterocycles. The molecule has 0 aromatic carbocycles. The predicted molar refractivity (Wildman–Crippen MR) is 73.4 cm³/mol. The molecule has 1 rings (SSSR count). The van der Waals surface area contributed by atoms with Crippen molar-refractivity contribution in [2.45, 2.75) is 90.8 Å². The maximum Gasteiger partial charge on any atom is 0.272 e. The molecule has 0 heterocycles. The van der Waals surface area contributed by atoms with Crippen LogP contribution in [0.5, 0.6) is 0 Å². The van der Waals surface area contributed by atoms with Gasteiger partial charge < -0.3 is 14.2 Å². The standard InChI is InChI=1S/C15H30O3/c1-5-16-14(18-15(2,3)4)17-13-11-9-7-6-8-10-12-13/h13-14H,5-12H2,1-4H3. The van der Waals surface area contributed by atoms with Crippen molar-refractivity contribution < 1.29 is 14.2 Å². The van der Waals surface area contributed by atoms with Gasteiger partial charge in [0.05, 0.1) is 11.7 Å². The molecule has 0 aromatic rings. The van der Waals surface area contributed by atoms with Gasteiger partial charge in [-0.05, 0) is 40.5 Å². The van der Waals surface area contributed by atoms with Crippen molar-refractivity contribution >= 4 is 0 Å². The van der Waals surface area contributed by atoms with Crippen LogP contribution in [0.25, 0.3) is 0 Å². The fraction of sp³-hybridized carbons (Fsp3) is 1.00. The summed E-state index contributed by atoms with van der Waals surface area (Å²) in [6, 6.07) is 0. The molecule has 3 heteroatoms. The van der Waals surface area contributed by atoms with Crippen molar-refractivity contribution in [3.8, 4) is 0 Å². The summed E-state index contributed by atoms with van der Waals surface area (Å²) in [5.74, 6) is 0. The number of rotatable bonds is 5. The molecule has 0 aliphatic heterocycles. The van der Waals surface area contributed by atoms with E-state index >= 15 is 0 Å². The van der Waals surface area contributed by atoms with Crippen LogP contribution in [0.15, 0.2) is 0 Å². The van der Waals surface area contributed by atoms with Gasteiger partial charge in [0.25, 0.3) is 6.48 Å². The number of hydrogen-bond acceptors (Lipinski definition) is 3. The van der Waals surface area contributed by atoms with Gasteiger partial charge in [-0.1, -0.05) is 32.1 Å². The maximum absolute atomic E-state index is 6.00. The summed E-state index contributed by atoms with van der Waals surface area (Å²) >= 11 is 0. The highest BCUT2D eigenvalue weighted by molar-refractivity contribution is 4.64. The van der Waals surface area contributed by atoms with E-state index in [4.69, 9.17) is 14.2 Å². The zero-order valence-corrected chi connectivity index (χ0v) is 12.5. The molecule has 0 aromatic heterocycles. The zero-order chi connectivity index (χ0) is 13.4. The van der Waals surface area contributed by atoms with Crippen molar-refractivity contribution in [3.63, 3.8) is 0 Å². The van der Waals surface area contributed by atoms with E-state index in [0.29, 0.717) is 12.7 Å². The second-order valence-corrected chi connectivity index (χ2v) is 6.08. The van der Waals surface area contributed by atoms with Crippen LogP contribution in [0, 0.1) is 0 Å². The molecular formula is C15H30O3. The first-order chi connectivity index (χ1) is 8.51. The Kier molecular flexibility index (Phi) is 7.20. The average Bonchev–Trinajstić information content (AvgIpc) is 2.19. The molecule has 1 fully saturated rings. The summed E-state index contributed by atoms with van der Waals surface area (Å²) in [7, 11) is 0. The molecule has 3 nitrogen and oxygen atoms in total. The van der Waals surface area contributed by atoms with Crippen molar-refractivity contribution in [1.82, 2.24) is 0 Å². The lowest BCUT2D eigenvalue weighted by molar-refractivity contribution is -0.332. The van der Waals surface area contributed by atoms with Gasteiger partial charge in [0.1, 0.15) is 0 Å². The van der Waals surface area contributed by atoms with Crippen LogP contribution in [-0.2, 0) is 14.2 Å². The molecule has 1 saturated carbocycles. The lowest BCUT2D eigenvalue weighted by Crippen LogP contribution is -2.34. The summed E-state index contributed by atoms with van der Waals surface area (Å²) in [6.07, 6.45) is 9.13. The van der Waals surface area contributed by atoms with E-state index in [1.165, 1.54) is 32.1 Å². The first-order valence-corrected chi connectivity index (χ1v) is 7.46. The molecule has 0 spiro atoms. The quantitative estimate of drug-likeness (QED) is 0.690. The Morgan fingerprint density at radius 3 is 2.06 bits per heavy atom. The zero-order valence-electron chi connectivity index (χ0n) is 12.5. The first-order valence-electron chi connectivity index (χ1n) is 7.46. The summed E-state index contributed by atoms with van der Waals surface area (Å²) in [6.45, 7) is 8.16. The van der Waals surface area contributed by atoms with E-state index in [2.05, 4.69) is 0 Å². The van der Waals surface area contributed by atoms with Crippen LogP contribution in [0.2, 0.25) is 0 Å². The minimum atomic E-state index is -0.514. The fourth-order valence-electron chi connectivity index (χ4n) is 2.24. The maximum atomic E-state index is 6.00. The van der Waals surface area contributed by atoms with Gasteiger partial charge in [-0.3, -0.25) is 0 Å². The second kappa shape index (κ2) is 8.13. The molecule has 0 bridgehead atoms. The van der Waals surface area contributed by atoms with Gasteiger partial charge in [-0.2, -0.15) is 0 Å². The molecule has 18 heavy (non-hydrogen) atoms. The van der Waals surface area contributed by atoms with Crippen molar-refractivity contribution in [1.29, 1.82) is 0 Å². The van der Waals surface area contributed by atoms with Crippen molar-refractivity contribution in [2.24, 2.45) is 0 Å². The molecule has 0 N–H and O–H groups in total. The Balaban J connectivity index is 2.41. The van der Waals surface area contributed by atoms with Gasteiger partial charge >= 0.3 is 0 Å². The van der Waals surface area contributed by atoms with E-state index in [9.17, 15) is 0 Å². The smallest absolute Gasteiger partial charge is 0.272 e. The third-order valence-electron chi connectivity index (χ3n) is 3.11. The van der Waals surface area contributed by atoms with Crippen LogP contribution in [0.1, 0.15) is 72.6 Å². The Labute approximate surface area is 112 Å². The van der Waals surface area contributed by atoms with Crippen molar-refractivity contribution in [2.75, 3.05) is 6.61 Å². The van der Waals surface area contributed by atoms with Crippen LogP contribution < -0.4 is 0 Å². The predicted octanol–water partition coefficient (Wildman–Crippen LogP) is 4.25. The highest BCUT2D eigenvalue weighted by atomic mass is 16.8. The lowest BCUT2D eigenvalue weighted by Gasteiger charge is -2.30. The summed E-state index contributed by atoms with van der Waals surface area (Å²) in [5, 5.41) is 0. The summed E-state index contributed by atoms with van der Waals surface area (Å²) in [4.78, 5) is 0.